The van der Waals surface area contributed by atoms with Crippen LogP contribution in [0.3, 0.4) is 0 Å². The van der Waals surface area contributed by atoms with Crippen molar-refractivity contribution in [1.82, 2.24) is 5.32 Å². The number of hydrogen-bond donors (Lipinski definition) is 1. The topological polar surface area (TPSA) is 49.0 Å². The molecular weight excluding hydrogens is 222 g/mol. The Hall–Kier alpha value is -0.200. The summed E-state index contributed by atoms with van der Waals surface area (Å²) in [4.78, 5) is 0. The van der Waals surface area contributed by atoms with Crippen LogP contribution >= 0.6 is 0 Å². The standard InChI is InChI=1S/C12H21NO4/c1-12(2)16-8-6-13-10(11(8)17-12)7-4-5-9(14-3)15-7/h7-11,13H,4-6H2,1-3H3/t7-,8-,9?,10-,11-/m1/s1. The first kappa shape index (κ1) is 11.9. The molecule has 1 unspecified atom stereocenters. The van der Waals surface area contributed by atoms with Crippen LogP contribution in [-0.4, -0.2) is 50.1 Å². The van der Waals surface area contributed by atoms with E-state index in [1.165, 1.54) is 0 Å². The fraction of sp³-hybridized carbons (Fsp3) is 1.00. The van der Waals surface area contributed by atoms with Crippen molar-refractivity contribution in [3.63, 3.8) is 0 Å². The molecule has 3 saturated heterocycles. The third kappa shape index (κ3) is 2.11. The summed E-state index contributed by atoms with van der Waals surface area (Å²) >= 11 is 0. The number of fused-ring (bicyclic) bond motifs is 1. The van der Waals surface area contributed by atoms with Crippen molar-refractivity contribution in [2.24, 2.45) is 0 Å². The third-order valence-corrected chi connectivity index (χ3v) is 3.81. The van der Waals surface area contributed by atoms with Gasteiger partial charge in [-0.1, -0.05) is 0 Å². The maximum atomic E-state index is 5.96. The van der Waals surface area contributed by atoms with Gasteiger partial charge in [-0.05, 0) is 20.3 Å². The zero-order chi connectivity index (χ0) is 12.0. The van der Waals surface area contributed by atoms with Crippen LogP contribution < -0.4 is 5.32 Å². The smallest absolute Gasteiger partial charge is 0.163 e. The molecule has 0 aliphatic carbocycles. The maximum Gasteiger partial charge on any atom is 0.163 e. The van der Waals surface area contributed by atoms with Gasteiger partial charge in [0.1, 0.15) is 12.2 Å². The van der Waals surface area contributed by atoms with Crippen molar-refractivity contribution in [1.29, 1.82) is 0 Å². The molecule has 3 rings (SSSR count). The van der Waals surface area contributed by atoms with Gasteiger partial charge in [0.15, 0.2) is 12.1 Å². The van der Waals surface area contributed by atoms with E-state index < -0.39 is 5.79 Å². The maximum absolute atomic E-state index is 5.96. The van der Waals surface area contributed by atoms with Crippen molar-refractivity contribution in [2.45, 2.75) is 63.1 Å². The van der Waals surface area contributed by atoms with Gasteiger partial charge in [0.05, 0.1) is 12.1 Å². The molecular formula is C12H21NO4. The first-order chi connectivity index (χ1) is 8.09. The molecule has 1 N–H and O–H groups in total. The molecule has 0 aromatic rings. The average Bonchev–Trinajstić information content (AvgIpc) is 2.90. The van der Waals surface area contributed by atoms with Gasteiger partial charge in [-0.3, -0.25) is 0 Å². The zero-order valence-corrected chi connectivity index (χ0v) is 10.6. The Kier molecular flexibility index (Phi) is 2.91. The highest BCUT2D eigenvalue weighted by Gasteiger charge is 2.52. The first-order valence-electron chi connectivity index (χ1n) is 6.36. The largest absolute Gasteiger partial charge is 0.356 e. The fourth-order valence-corrected chi connectivity index (χ4v) is 3.11. The van der Waals surface area contributed by atoms with E-state index in [1.807, 2.05) is 13.8 Å². The highest BCUT2D eigenvalue weighted by Crippen LogP contribution is 2.36. The Morgan fingerprint density at radius 2 is 2.00 bits per heavy atom. The van der Waals surface area contributed by atoms with Crippen LogP contribution in [0.1, 0.15) is 26.7 Å². The summed E-state index contributed by atoms with van der Waals surface area (Å²) in [6.07, 6.45) is 2.35. The molecule has 3 aliphatic heterocycles. The Labute approximate surface area is 102 Å². The predicted octanol–water partition coefficient (Wildman–Crippen LogP) is 0.630. The molecule has 5 heteroatoms. The van der Waals surface area contributed by atoms with Gasteiger partial charge in [-0.2, -0.15) is 0 Å². The second kappa shape index (κ2) is 4.17. The molecule has 0 aromatic carbocycles. The highest BCUT2D eigenvalue weighted by atomic mass is 16.8. The van der Waals surface area contributed by atoms with Gasteiger partial charge >= 0.3 is 0 Å². The monoisotopic (exact) mass is 243 g/mol. The lowest BCUT2D eigenvalue weighted by molar-refractivity contribution is -0.164. The van der Waals surface area contributed by atoms with Gasteiger partial charge in [0.25, 0.3) is 0 Å². The lowest BCUT2D eigenvalue weighted by Crippen LogP contribution is -2.44. The van der Waals surface area contributed by atoms with Crippen LogP contribution in [0.5, 0.6) is 0 Å². The second-order valence-electron chi connectivity index (χ2n) is 5.49. The van der Waals surface area contributed by atoms with Crippen molar-refractivity contribution < 1.29 is 18.9 Å². The number of rotatable bonds is 2. The summed E-state index contributed by atoms with van der Waals surface area (Å²) < 4.78 is 22.9. The molecule has 0 bridgehead atoms. The van der Waals surface area contributed by atoms with Gasteiger partial charge in [-0.15, -0.1) is 0 Å². The molecule has 3 aliphatic rings. The molecule has 3 heterocycles. The van der Waals surface area contributed by atoms with Crippen LogP contribution in [0.2, 0.25) is 0 Å². The van der Waals surface area contributed by atoms with E-state index in [0.29, 0.717) is 0 Å². The predicted molar refractivity (Wildman–Crippen MR) is 60.5 cm³/mol. The minimum absolute atomic E-state index is 0.0591. The molecule has 0 spiro atoms. The van der Waals surface area contributed by atoms with Crippen molar-refractivity contribution >= 4 is 0 Å². The quantitative estimate of drug-likeness (QED) is 0.771. The normalized spacial score (nSPS) is 48.5. The molecule has 17 heavy (non-hydrogen) atoms. The lowest BCUT2D eigenvalue weighted by Gasteiger charge is -2.26. The van der Waals surface area contributed by atoms with Crippen LogP contribution in [0, 0.1) is 0 Å². The first-order valence-corrected chi connectivity index (χ1v) is 6.36. The van der Waals surface area contributed by atoms with E-state index >= 15 is 0 Å². The Balaban J connectivity index is 1.66. The molecule has 98 valence electrons. The number of nitrogens with one attached hydrogen (secondary N) is 1. The van der Waals surface area contributed by atoms with Crippen LogP contribution in [-0.2, 0) is 18.9 Å². The van der Waals surface area contributed by atoms with Crippen LogP contribution in [0.25, 0.3) is 0 Å². The molecule has 0 saturated carbocycles. The van der Waals surface area contributed by atoms with E-state index in [-0.39, 0.29) is 30.6 Å². The highest BCUT2D eigenvalue weighted by molar-refractivity contribution is 5.02. The lowest BCUT2D eigenvalue weighted by atomic mass is 10.0. The minimum atomic E-state index is -0.463. The van der Waals surface area contributed by atoms with E-state index in [0.717, 1.165) is 19.4 Å². The molecule has 5 atom stereocenters. The van der Waals surface area contributed by atoms with Crippen molar-refractivity contribution in [3.05, 3.63) is 0 Å². The van der Waals surface area contributed by atoms with Crippen LogP contribution in [0.4, 0.5) is 0 Å². The fourth-order valence-electron chi connectivity index (χ4n) is 3.11. The minimum Gasteiger partial charge on any atom is -0.356 e. The molecule has 0 aromatic heterocycles. The SMILES string of the molecule is COC1CC[C@H]([C@H]2NC[C@H]3OC(C)(C)O[C@@H]23)O1. The van der Waals surface area contributed by atoms with E-state index in [9.17, 15) is 0 Å². The number of methoxy groups -OCH3 is 1. The van der Waals surface area contributed by atoms with Crippen molar-refractivity contribution in [3.8, 4) is 0 Å². The summed E-state index contributed by atoms with van der Waals surface area (Å²) in [7, 11) is 1.69. The Morgan fingerprint density at radius 3 is 2.71 bits per heavy atom. The summed E-state index contributed by atoms with van der Waals surface area (Å²) in [6.45, 7) is 4.78. The summed E-state index contributed by atoms with van der Waals surface area (Å²) in [5, 5.41) is 3.45. The average molecular weight is 243 g/mol. The summed E-state index contributed by atoms with van der Waals surface area (Å²) in [5.74, 6) is -0.463. The molecule has 0 amide bonds. The van der Waals surface area contributed by atoms with Gasteiger partial charge < -0.3 is 24.3 Å². The van der Waals surface area contributed by atoms with Gasteiger partial charge in [-0.25, -0.2) is 0 Å². The summed E-state index contributed by atoms with van der Waals surface area (Å²) in [5.41, 5.74) is 0. The zero-order valence-electron chi connectivity index (χ0n) is 10.6. The van der Waals surface area contributed by atoms with Crippen LogP contribution in [0.15, 0.2) is 0 Å². The molecule has 3 fully saturated rings. The van der Waals surface area contributed by atoms with E-state index in [2.05, 4.69) is 5.32 Å². The number of hydrogen-bond acceptors (Lipinski definition) is 5. The third-order valence-electron chi connectivity index (χ3n) is 3.81. The van der Waals surface area contributed by atoms with Crippen molar-refractivity contribution in [2.75, 3.05) is 13.7 Å². The molecule has 0 radical (unpaired) electrons. The Morgan fingerprint density at radius 1 is 1.18 bits per heavy atom. The molecule has 5 nitrogen and oxygen atoms in total. The van der Waals surface area contributed by atoms with E-state index in [1.54, 1.807) is 7.11 Å². The van der Waals surface area contributed by atoms with Gasteiger partial charge in [0.2, 0.25) is 0 Å². The second-order valence-corrected chi connectivity index (χ2v) is 5.49. The number of ether oxygens (including phenoxy) is 4. The van der Waals surface area contributed by atoms with E-state index in [4.69, 9.17) is 18.9 Å². The summed E-state index contributed by atoms with van der Waals surface area (Å²) in [6, 6.07) is 0.224. The van der Waals surface area contributed by atoms with Gasteiger partial charge in [0, 0.05) is 20.1 Å². The Bertz CT molecular complexity index is 296.